The highest BCUT2D eigenvalue weighted by atomic mass is 79.9. The van der Waals surface area contributed by atoms with Gasteiger partial charge in [0, 0.05) is 43.1 Å². The molecule has 1 unspecified atom stereocenters. The summed E-state index contributed by atoms with van der Waals surface area (Å²) in [5.41, 5.74) is 0. The zero-order valence-electron chi connectivity index (χ0n) is 16.5. The van der Waals surface area contributed by atoms with Crippen molar-refractivity contribution in [2.75, 3.05) is 39.4 Å². The van der Waals surface area contributed by atoms with Gasteiger partial charge in [-0.3, -0.25) is 9.69 Å². The van der Waals surface area contributed by atoms with E-state index in [1.165, 1.54) is 12.1 Å². The molecule has 2 N–H and O–H groups in total. The Morgan fingerprint density at radius 1 is 1.21 bits per heavy atom. The van der Waals surface area contributed by atoms with Crippen LogP contribution in [0.2, 0.25) is 0 Å². The van der Waals surface area contributed by atoms with Crippen LogP contribution in [0.3, 0.4) is 0 Å². The van der Waals surface area contributed by atoms with Crippen molar-refractivity contribution < 1.29 is 17.9 Å². The van der Waals surface area contributed by atoms with Crippen molar-refractivity contribution in [3.05, 3.63) is 28.7 Å². The minimum atomic E-state index is -3.61. The van der Waals surface area contributed by atoms with E-state index in [1.807, 2.05) is 0 Å². The quantitative estimate of drug-likeness (QED) is 0.540. The number of halogens is 1. The Balaban J connectivity index is 1.78. The van der Waals surface area contributed by atoms with Crippen molar-refractivity contribution in [2.24, 2.45) is 5.92 Å². The van der Waals surface area contributed by atoms with Gasteiger partial charge in [0.2, 0.25) is 15.9 Å². The summed E-state index contributed by atoms with van der Waals surface area (Å²) in [4.78, 5) is 14.7. The maximum Gasteiger partial charge on any atom is 0.240 e. The lowest BCUT2D eigenvalue weighted by atomic mass is 10.0. The highest BCUT2D eigenvalue weighted by molar-refractivity contribution is 9.10. The van der Waals surface area contributed by atoms with Crippen LogP contribution in [0.1, 0.15) is 26.7 Å². The van der Waals surface area contributed by atoms with E-state index in [-0.39, 0.29) is 29.8 Å². The van der Waals surface area contributed by atoms with Gasteiger partial charge in [0.15, 0.2) is 0 Å². The molecule has 0 aliphatic carbocycles. The molecule has 1 aromatic rings. The van der Waals surface area contributed by atoms with Crippen LogP contribution in [0.4, 0.5) is 0 Å². The second-order valence-corrected chi connectivity index (χ2v) is 10.0. The molecule has 1 aliphatic heterocycles. The lowest BCUT2D eigenvalue weighted by Gasteiger charge is -2.35. The molecule has 0 bridgehead atoms. The predicted octanol–water partition coefficient (Wildman–Crippen LogP) is 1.98. The Labute approximate surface area is 176 Å². The lowest BCUT2D eigenvalue weighted by molar-refractivity contribution is -0.121. The molecule has 2 rings (SSSR count). The molecular formula is C19H30BrN3O4S. The molecule has 1 aliphatic rings. The summed E-state index contributed by atoms with van der Waals surface area (Å²) in [6.07, 6.45) is 1.10. The molecule has 158 valence electrons. The van der Waals surface area contributed by atoms with Crippen LogP contribution >= 0.6 is 15.9 Å². The fourth-order valence-electron chi connectivity index (χ4n) is 3.16. The van der Waals surface area contributed by atoms with Gasteiger partial charge in [0.05, 0.1) is 18.1 Å². The minimum absolute atomic E-state index is 0.0661. The summed E-state index contributed by atoms with van der Waals surface area (Å²) >= 11 is 3.28. The number of sulfonamides is 1. The van der Waals surface area contributed by atoms with Crippen molar-refractivity contribution in [3.8, 4) is 0 Å². The third kappa shape index (κ3) is 7.79. The van der Waals surface area contributed by atoms with E-state index >= 15 is 0 Å². The Morgan fingerprint density at radius 2 is 1.86 bits per heavy atom. The Bertz CT molecular complexity index is 719. The molecule has 28 heavy (non-hydrogen) atoms. The molecular weight excluding hydrogens is 446 g/mol. The van der Waals surface area contributed by atoms with Gasteiger partial charge in [-0.15, -0.1) is 0 Å². The van der Waals surface area contributed by atoms with Crippen LogP contribution in [0.15, 0.2) is 33.6 Å². The molecule has 0 radical (unpaired) electrons. The number of amides is 1. The molecule has 0 saturated carbocycles. The standard InChI is InChI=1S/C19H30BrN3O4S/c1-15(2)13-17(23-9-11-27-12-10-23)14-21-19(24)7-8-22-28(25,26)18-5-3-16(20)4-6-18/h3-6,15,17,22H,7-14H2,1-2H3,(H,21,24). The van der Waals surface area contributed by atoms with Gasteiger partial charge in [0.1, 0.15) is 0 Å². The number of carbonyl (C=O) groups is 1. The third-order valence-corrected chi connectivity index (χ3v) is 6.61. The maximum atomic E-state index is 12.2. The maximum absolute atomic E-state index is 12.2. The number of hydrogen-bond donors (Lipinski definition) is 2. The monoisotopic (exact) mass is 475 g/mol. The Hall–Kier alpha value is -1.00. The zero-order valence-corrected chi connectivity index (χ0v) is 18.9. The normalized spacial score (nSPS) is 16.9. The summed E-state index contributed by atoms with van der Waals surface area (Å²) < 4.78 is 33.2. The molecule has 0 aromatic heterocycles. The molecule has 0 spiro atoms. The van der Waals surface area contributed by atoms with Crippen molar-refractivity contribution in [1.29, 1.82) is 0 Å². The SMILES string of the molecule is CC(C)CC(CNC(=O)CCNS(=O)(=O)c1ccc(Br)cc1)N1CCOCC1. The number of hydrogen-bond acceptors (Lipinski definition) is 5. The smallest absolute Gasteiger partial charge is 0.240 e. The van der Waals surface area contributed by atoms with Crippen molar-refractivity contribution >= 4 is 31.9 Å². The highest BCUT2D eigenvalue weighted by Crippen LogP contribution is 2.15. The first kappa shape index (κ1) is 23.3. The predicted molar refractivity (Wildman–Crippen MR) is 113 cm³/mol. The average Bonchev–Trinajstić information content (AvgIpc) is 2.65. The van der Waals surface area contributed by atoms with Gasteiger partial charge < -0.3 is 10.1 Å². The largest absolute Gasteiger partial charge is 0.379 e. The molecule has 1 amide bonds. The van der Waals surface area contributed by atoms with Gasteiger partial charge in [-0.2, -0.15) is 0 Å². The topological polar surface area (TPSA) is 87.7 Å². The zero-order chi connectivity index (χ0) is 20.6. The Morgan fingerprint density at radius 3 is 2.46 bits per heavy atom. The van der Waals surface area contributed by atoms with Gasteiger partial charge in [-0.05, 0) is 36.6 Å². The van der Waals surface area contributed by atoms with Gasteiger partial charge in [-0.1, -0.05) is 29.8 Å². The van der Waals surface area contributed by atoms with E-state index in [2.05, 4.69) is 44.7 Å². The lowest BCUT2D eigenvalue weighted by Crippen LogP contribution is -2.49. The average molecular weight is 476 g/mol. The van der Waals surface area contributed by atoms with Crippen LogP contribution in [0.25, 0.3) is 0 Å². The number of carbonyl (C=O) groups excluding carboxylic acids is 1. The Kier molecular flexibility index (Phi) is 9.36. The summed E-state index contributed by atoms with van der Waals surface area (Å²) in [5, 5.41) is 2.96. The molecule has 1 heterocycles. The van der Waals surface area contributed by atoms with Gasteiger partial charge >= 0.3 is 0 Å². The van der Waals surface area contributed by atoms with E-state index in [0.29, 0.717) is 12.5 Å². The van der Waals surface area contributed by atoms with Crippen LogP contribution in [-0.2, 0) is 19.6 Å². The number of rotatable bonds is 10. The first-order valence-corrected chi connectivity index (χ1v) is 11.9. The fourth-order valence-corrected chi connectivity index (χ4v) is 4.46. The van der Waals surface area contributed by atoms with E-state index in [0.717, 1.165) is 37.2 Å². The second kappa shape index (κ2) is 11.3. The van der Waals surface area contributed by atoms with Crippen molar-refractivity contribution in [3.63, 3.8) is 0 Å². The number of nitrogens with one attached hydrogen (secondary N) is 2. The van der Waals surface area contributed by atoms with E-state index < -0.39 is 10.0 Å². The number of morpholine rings is 1. The van der Waals surface area contributed by atoms with Crippen LogP contribution in [-0.4, -0.2) is 64.7 Å². The minimum Gasteiger partial charge on any atom is -0.379 e. The van der Waals surface area contributed by atoms with E-state index in [4.69, 9.17) is 4.74 Å². The van der Waals surface area contributed by atoms with Gasteiger partial charge in [-0.25, -0.2) is 13.1 Å². The molecule has 7 nitrogen and oxygen atoms in total. The van der Waals surface area contributed by atoms with Crippen molar-refractivity contribution in [2.45, 2.75) is 37.6 Å². The number of ether oxygens (including phenoxy) is 1. The molecule has 1 fully saturated rings. The molecule has 1 saturated heterocycles. The van der Waals surface area contributed by atoms with Crippen LogP contribution in [0.5, 0.6) is 0 Å². The first-order valence-electron chi connectivity index (χ1n) is 9.61. The van der Waals surface area contributed by atoms with Crippen LogP contribution < -0.4 is 10.0 Å². The third-order valence-electron chi connectivity index (χ3n) is 4.61. The summed E-state index contributed by atoms with van der Waals surface area (Å²) in [6.45, 7) is 8.17. The fraction of sp³-hybridized carbons (Fsp3) is 0.632. The summed E-state index contributed by atoms with van der Waals surface area (Å²) in [6, 6.07) is 6.65. The van der Waals surface area contributed by atoms with Crippen molar-refractivity contribution in [1.82, 2.24) is 14.9 Å². The summed E-state index contributed by atoms with van der Waals surface area (Å²) in [7, 11) is -3.61. The van der Waals surface area contributed by atoms with E-state index in [1.54, 1.807) is 12.1 Å². The molecule has 9 heteroatoms. The highest BCUT2D eigenvalue weighted by Gasteiger charge is 2.22. The molecule has 1 atom stereocenters. The van der Waals surface area contributed by atoms with Gasteiger partial charge in [0.25, 0.3) is 0 Å². The first-order chi connectivity index (χ1) is 13.3. The number of nitrogens with zero attached hydrogens (tertiary/aromatic N) is 1. The summed E-state index contributed by atoms with van der Waals surface area (Å²) in [5.74, 6) is 0.378. The number of benzene rings is 1. The van der Waals surface area contributed by atoms with E-state index in [9.17, 15) is 13.2 Å². The second-order valence-electron chi connectivity index (χ2n) is 7.34. The van der Waals surface area contributed by atoms with Crippen LogP contribution in [0, 0.1) is 5.92 Å². The molecule has 1 aromatic carbocycles.